The van der Waals surface area contributed by atoms with Gasteiger partial charge in [0.15, 0.2) is 5.96 Å². The molecule has 6 heteroatoms. The molecule has 26 heavy (non-hydrogen) atoms. The van der Waals surface area contributed by atoms with E-state index in [0.717, 1.165) is 29.0 Å². The highest BCUT2D eigenvalue weighted by Crippen LogP contribution is 2.20. The molecule has 0 aliphatic carbocycles. The largest absolute Gasteiger partial charge is 0.496 e. The van der Waals surface area contributed by atoms with E-state index < -0.39 is 6.10 Å². The summed E-state index contributed by atoms with van der Waals surface area (Å²) in [5.41, 5.74) is 2.96. The molecule has 0 spiro atoms. The molecule has 0 aromatic heterocycles. The smallest absolute Gasteiger partial charge is 0.191 e. The van der Waals surface area contributed by atoms with Gasteiger partial charge in [0, 0.05) is 23.7 Å². The molecule has 0 saturated carbocycles. The van der Waals surface area contributed by atoms with Crippen LogP contribution in [0, 0.1) is 6.92 Å². The Bertz CT molecular complexity index is 732. The predicted octanol–water partition coefficient (Wildman–Crippen LogP) is 3.45. The Morgan fingerprint density at radius 2 is 1.92 bits per heavy atom. The summed E-state index contributed by atoms with van der Waals surface area (Å²) in [7, 11) is 1.66. The first-order valence-corrected chi connectivity index (χ1v) is 9.00. The molecule has 1 atom stereocenters. The fourth-order valence-electron chi connectivity index (χ4n) is 2.48. The number of aliphatic hydroxyl groups excluding tert-OH is 1. The maximum atomic E-state index is 10.3. The summed E-state index contributed by atoms with van der Waals surface area (Å²) in [6.07, 6.45) is -0.648. The monoisotopic (exact) mass is 375 g/mol. The van der Waals surface area contributed by atoms with Crippen molar-refractivity contribution in [2.75, 3.05) is 20.2 Å². The molecule has 0 aliphatic rings. The number of benzene rings is 2. The number of nitrogens with one attached hydrogen (secondary N) is 2. The van der Waals surface area contributed by atoms with Crippen molar-refractivity contribution >= 4 is 17.6 Å². The third-order valence-corrected chi connectivity index (χ3v) is 4.16. The average molecular weight is 376 g/mol. The zero-order chi connectivity index (χ0) is 18.9. The Morgan fingerprint density at radius 1 is 1.19 bits per heavy atom. The SMILES string of the molecule is CCNC(=NCc1ccc(C)cc1OC)NCC(O)c1ccc(Cl)cc1. The number of rotatable bonds is 7. The van der Waals surface area contributed by atoms with E-state index in [9.17, 15) is 5.11 Å². The molecule has 0 saturated heterocycles. The zero-order valence-electron chi connectivity index (χ0n) is 15.4. The minimum atomic E-state index is -0.648. The summed E-state index contributed by atoms with van der Waals surface area (Å²) < 4.78 is 5.42. The molecule has 2 aromatic carbocycles. The lowest BCUT2D eigenvalue weighted by molar-refractivity contribution is 0.181. The minimum Gasteiger partial charge on any atom is -0.496 e. The molecule has 5 nitrogen and oxygen atoms in total. The van der Waals surface area contributed by atoms with Gasteiger partial charge in [0.2, 0.25) is 0 Å². The quantitative estimate of drug-likeness (QED) is 0.512. The molecule has 0 aliphatic heterocycles. The van der Waals surface area contributed by atoms with Crippen LogP contribution in [0.3, 0.4) is 0 Å². The van der Waals surface area contributed by atoms with Gasteiger partial charge in [-0.1, -0.05) is 35.9 Å². The van der Waals surface area contributed by atoms with Crippen molar-refractivity contribution in [1.82, 2.24) is 10.6 Å². The lowest BCUT2D eigenvalue weighted by Crippen LogP contribution is -2.39. The van der Waals surface area contributed by atoms with Crippen molar-refractivity contribution in [3.63, 3.8) is 0 Å². The van der Waals surface area contributed by atoms with Crippen LogP contribution in [0.1, 0.15) is 29.7 Å². The Hall–Kier alpha value is -2.24. The first kappa shape index (κ1) is 20.1. The molecule has 1 unspecified atom stereocenters. The number of hydrogen-bond acceptors (Lipinski definition) is 3. The lowest BCUT2D eigenvalue weighted by atomic mass is 10.1. The molecule has 0 amide bonds. The molecule has 0 radical (unpaired) electrons. The van der Waals surface area contributed by atoms with Gasteiger partial charge in [0.25, 0.3) is 0 Å². The van der Waals surface area contributed by atoms with Crippen LogP contribution in [-0.2, 0) is 6.54 Å². The van der Waals surface area contributed by atoms with Gasteiger partial charge in [-0.15, -0.1) is 0 Å². The Balaban J connectivity index is 2.01. The fraction of sp³-hybridized carbons (Fsp3) is 0.350. The van der Waals surface area contributed by atoms with Crippen molar-refractivity contribution in [1.29, 1.82) is 0 Å². The number of guanidine groups is 1. The molecule has 0 heterocycles. The number of hydrogen-bond donors (Lipinski definition) is 3. The number of halogens is 1. The van der Waals surface area contributed by atoms with E-state index in [1.54, 1.807) is 19.2 Å². The summed E-state index contributed by atoms with van der Waals surface area (Å²) in [6.45, 7) is 5.58. The second-order valence-corrected chi connectivity index (χ2v) is 6.40. The third-order valence-electron chi connectivity index (χ3n) is 3.91. The highest BCUT2D eigenvalue weighted by atomic mass is 35.5. The van der Waals surface area contributed by atoms with Gasteiger partial charge in [-0.2, -0.15) is 0 Å². The zero-order valence-corrected chi connectivity index (χ0v) is 16.2. The van der Waals surface area contributed by atoms with Crippen LogP contribution in [-0.4, -0.2) is 31.3 Å². The average Bonchev–Trinajstić information content (AvgIpc) is 2.65. The second-order valence-electron chi connectivity index (χ2n) is 5.96. The van der Waals surface area contributed by atoms with Gasteiger partial charge in [-0.25, -0.2) is 4.99 Å². The van der Waals surface area contributed by atoms with E-state index in [-0.39, 0.29) is 0 Å². The van der Waals surface area contributed by atoms with Crippen molar-refractivity contribution in [2.45, 2.75) is 26.5 Å². The van der Waals surface area contributed by atoms with E-state index in [1.165, 1.54) is 0 Å². The van der Waals surface area contributed by atoms with Crippen LogP contribution < -0.4 is 15.4 Å². The molecule has 3 N–H and O–H groups in total. The van der Waals surface area contributed by atoms with Crippen LogP contribution in [0.25, 0.3) is 0 Å². The summed E-state index contributed by atoms with van der Waals surface area (Å²) in [5.74, 6) is 1.47. The normalized spacial score (nSPS) is 12.6. The van der Waals surface area contributed by atoms with Crippen LogP contribution in [0.15, 0.2) is 47.5 Å². The van der Waals surface area contributed by atoms with E-state index in [2.05, 4.69) is 15.6 Å². The van der Waals surface area contributed by atoms with Gasteiger partial charge < -0.3 is 20.5 Å². The standard InChI is InChI=1S/C20H26ClN3O2/c1-4-22-20(23-12-16-6-5-14(2)11-19(16)26-3)24-13-18(25)15-7-9-17(21)10-8-15/h5-11,18,25H,4,12-13H2,1-3H3,(H2,22,23,24). The number of aliphatic imine (C=N–C) groups is 1. The molecule has 2 rings (SSSR count). The Kier molecular flexibility index (Phi) is 7.75. The maximum absolute atomic E-state index is 10.3. The molecular weight excluding hydrogens is 350 g/mol. The van der Waals surface area contributed by atoms with Gasteiger partial charge in [-0.05, 0) is 43.2 Å². The second kappa shape index (κ2) is 10.0. The first-order chi connectivity index (χ1) is 12.5. The molecule has 0 fully saturated rings. The summed E-state index contributed by atoms with van der Waals surface area (Å²) in [5, 5.41) is 17.3. The molecule has 2 aromatic rings. The first-order valence-electron chi connectivity index (χ1n) is 8.62. The highest BCUT2D eigenvalue weighted by Gasteiger charge is 2.09. The van der Waals surface area contributed by atoms with Crippen LogP contribution >= 0.6 is 11.6 Å². The lowest BCUT2D eigenvalue weighted by Gasteiger charge is -2.16. The number of nitrogens with zero attached hydrogens (tertiary/aromatic N) is 1. The number of aliphatic hydroxyl groups is 1. The highest BCUT2D eigenvalue weighted by molar-refractivity contribution is 6.30. The summed E-state index contributed by atoms with van der Waals surface area (Å²) in [4.78, 5) is 4.58. The van der Waals surface area contributed by atoms with Crippen LogP contribution in [0.2, 0.25) is 5.02 Å². The van der Waals surface area contributed by atoms with Crippen molar-refractivity contribution < 1.29 is 9.84 Å². The van der Waals surface area contributed by atoms with Crippen LogP contribution in [0.4, 0.5) is 0 Å². The van der Waals surface area contributed by atoms with E-state index in [4.69, 9.17) is 16.3 Å². The Morgan fingerprint density at radius 3 is 2.58 bits per heavy atom. The number of aryl methyl sites for hydroxylation is 1. The van der Waals surface area contributed by atoms with Gasteiger partial charge in [0.05, 0.1) is 19.8 Å². The minimum absolute atomic E-state index is 0.346. The van der Waals surface area contributed by atoms with Crippen molar-refractivity contribution in [3.05, 3.63) is 64.2 Å². The number of ether oxygens (including phenoxy) is 1. The summed E-state index contributed by atoms with van der Waals surface area (Å²) in [6, 6.07) is 13.2. The van der Waals surface area contributed by atoms with Crippen molar-refractivity contribution in [2.24, 2.45) is 4.99 Å². The third kappa shape index (κ3) is 5.93. The van der Waals surface area contributed by atoms with E-state index in [1.807, 2.05) is 44.2 Å². The van der Waals surface area contributed by atoms with Crippen LogP contribution in [0.5, 0.6) is 5.75 Å². The van der Waals surface area contributed by atoms with Gasteiger partial charge >= 0.3 is 0 Å². The molecule has 0 bridgehead atoms. The van der Waals surface area contributed by atoms with E-state index in [0.29, 0.717) is 24.1 Å². The number of methoxy groups -OCH3 is 1. The molecular formula is C20H26ClN3O2. The Labute approximate surface area is 160 Å². The van der Waals surface area contributed by atoms with Gasteiger partial charge in [0.1, 0.15) is 5.75 Å². The van der Waals surface area contributed by atoms with Gasteiger partial charge in [-0.3, -0.25) is 0 Å². The fourth-order valence-corrected chi connectivity index (χ4v) is 2.61. The van der Waals surface area contributed by atoms with Crippen molar-refractivity contribution in [3.8, 4) is 5.75 Å². The maximum Gasteiger partial charge on any atom is 0.191 e. The predicted molar refractivity (Wildman–Crippen MR) is 107 cm³/mol. The molecule has 140 valence electrons. The summed E-state index contributed by atoms with van der Waals surface area (Å²) >= 11 is 5.88. The van der Waals surface area contributed by atoms with E-state index >= 15 is 0 Å². The topological polar surface area (TPSA) is 65.9 Å².